The predicted octanol–water partition coefficient (Wildman–Crippen LogP) is 4.68. The Kier molecular flexibility index (Phi) is 6.81. The summed E-state index contributed by atoms with van der Waals surface area (Å²) in [6.45, 7) is 7.40. The maximum absolute atomic E-state index is 13.4. The number of nitrogens with zero attached hydrogens (tertiary/aromatic N) is 1. The summed E-state index contributed by atoms with van der Waals surface area (Å²) in [5, 5.41) is 2.91. The first-order valence-electron chi connectivity index (χ1n) is 10.2. The fourth-order valence-corrected chi connectivity index (χ4v) is 4.64. The van der Waals surface area contributed by atoms with Gasteiger partial charge in [-0.1, -0.05) is 65.2 Å². The molecule has 0 unspecified atom stereocenters. The molecule has 0 bridgehead atoms. The topological polar surface area (TPSA) is 66.5 Å². The van der Waals surface area contributed by atoms with Crippen molar-refractivity contribution in [3.63, 3.8) is 0 Å². The van der Waals surface area contributed by atoms with Crippen molar-refractivity contribution < 1.29 is 13.2 Å². The Morgan fingerprint density at radius 1 is 0.806 bits per heavy atom. The lowest BCUT2D eigenvalue weighted by Gasteiger charge is -2.25. The van der Waals surface area contributed by atoms with E-state index in [0.717, 1.165) is 26.6 Å². The molecule has 0 aliphatic carbocycles. The van der Waals surface area contributed by atoms with Crippen molar-refractivity contribution in [3.8, 4) is 0 Å². The van der Waals surface area contributed by atoms with Crippen molar-refractivity contribution in [3.05, 3.63) is 95.1 Å². The molecular formula is C25H28N2O3S. The van der Waals surface area contributed by atoms with Gasteiger partial charge in [0.25, 0.3) is 10.0 Å². The van der Waals surface area contributed by atoms with Gasteiger partial charge < -0.3 is 5.32 Å². The van der Waals surface area contributed by atoms with E-state index < -0.39 is 10.0 Å². The maximum Gasteiger partial charge on any atom is 0.264 e. The lowest BCUT2D eigenvalue weighted by atomic mass is 10.1. The summed E-state index contributed by atoms with van der Waals surface area (Å²) in [5.41, 5.74) is 4.52. The van der Waals surface area contributed by atoms with Crippen LogP contribution in [0.15, 0.2) is 77.7 Å². The molecule has 0 aromatic heterocycles. The van der Waals surface area contributed by atoms with Crippen LogP contribution in [0.2, 0.25) is 0 Å². The molecule has 0 aliphatic heterocycles. The Bertz CT molecular complexity index is 1140. The highest BCUT2D eigenvalue weighted by atomic mass is 32.2. The third-order valence-corrected chi connectivity index (χ3v) is 6.96. The molecule has 6 heteroatoms. The quantitative estimate of drug-likeness (QED) is 0.585. The van der Waals surface area contributed by atoms with Crippen molar-refractivity contribution in [1.82, 2.24) is 5.32 Å². The van der Waals surface area contributed by atoms with Gasteiger partial charge in [0, 0.05) is 0 Å². The van der Waals surface area contributed by atoms with Crippen LogP contribution in [-0.4, -0.2) is 20.9 Å². The number of anilines is 1. The second-order valence-corrected chi connectivity index (χ2v) is 9.72. The molecule has 0 saturated heterocycles. The molecule has 1 atom stereocenters. The molecule has 0 saturated carbocycles. The standard InChI is InChI=1S/C25H28N2O3S/c1-18-5-11-22(12-6-18)21(4)26-25(28)17-27(23-13-7-19(2)8-14-23)31(29,30)24-15-9-20(3)10-16-24/h5-16,21H,17H2,1-4H3,(H,26,28)/t21-/m0/s1. The van der Waals surface area contributed by atoms with Gasteiger partial charge in [-0.25, -0.2) is 8.42 Å². The average Bonchev–Trinajstić information content (AvgIpc) is 2.73. The largest absolute Gasteiger partial charge is 0.348 e. The van der Waals surface area contributed by atoms with Crippen LogP contribution in [0, 0.1) is 20.8 Å². The molecule has 3 aromatic carbocycles. The van der Waals surface area contributed by atoms with E-state index in [1.165, 1.54) is 0 Å². The zero-order chi connectivity index (χ0) is 22.6. The maximum atomic E-state index is 13.4. The zero-order valence-electron chi connectivity index (χ0n) is 18.3. The van der Waals surface area contributed by atoms with Gasteiger partial charge in [-0.2, -0.15) is 0 Å². The minimum absolute atomic E-state index is 0.151. The van der Waals surface area contributed by atoms with Crippen molar-refractivity contribution >= 4 is 21.6 Å². The molecule has 0 radical (unpaired) electrons. The summed E-state index contributed by atoms with van der Waals surface area (Å²) in [4.78, 5) is 13.0. The number of nitrogens with one attached hydrogen (secondary N) is 1. The number of hydrogen-bond donors (Lipinski definition) is 1. The minimum atomic E-state index is -3.91. The van der Waals surface area contributed by atoms with Crippen LogP contribution in [0.5, 0.6) is 0 Å². The molecule has 162 valence electrons. The second-order valence-electron chi connectivity index (χ2n) is 7.86. The van der Waals surface area contributed by atoms with E-state index in [1.807, 2.05) is 64.1 Å². The lowest BCUT2D eigenvalue weighted by molar-refractivity contribution is -0.120. The fraction of sp³-hybridized carbons (Fsp3) is 0.240. The number of benzene rings is 3. The summed E-state index contributed by atoms with van der Waals surface area (Å²) in [7, 11) is -3.91. The Labute approximate surface area is 184 Å². The summed E-state index contributed by atoms with van der Waals surface area (Å²) in [6, 6.07) is 21.4. The van der Waals surface area contributed by atoms with E-state index in [2.05, 4.69) is 5.32 Å². The molecule has 3 aromatic rings. The van der Waals surface area contributed by atoms with Gasteiger partial charge in [0.15, 0.2) is 0 Å². The van der Waals surface area contributed by atoms with Gasteiger partial charge >= 0.3 is 0 Å². The molecule has 31 heavy (non-hydrogen) atoms. The van der Waals surface area contributed by atoms with Crippen LogP contribution in [0.1, 0.15) is 35.2 Å². The molecule has 0 fully saturated rings. The number of hydrogen-bond acceptors (Lipinski definition) is 3. The number of amides is 1. The molecule has 0 heterocycles. The van der Waals surface area contributed by atoms with E-state index in [1.54, 1.807) is 36.4 Å². The molecule has 5 nitrogen and oxygen atoms in total. The van der Waals surface area contributed by atoms with E-state index in [0.29, 0.717) is 5.69 Å². The van der Waals surface area contributed by atoms with E-state index in [4.69, 9.17) is 0 Å². The Morgan fingerprint density at radius 2 is 1.26 bits per heavy atom. The fourth-order valence-electron chi connectivity index (χ4n) is 3.22. The third kappa shape index (κ3) is 5.52. The highest BCUT2D eigenvalue weighted by Gasteiger charge is 2.27. The second kappa shape index (κ2) is 9.35. The number of sulfonamides is 1. The van der Waals surface area contributed by atoms with Gasteiger partial charge in [-0.3, -0.25) is 9.10 Å². The number of aryl methyl sites for hydroxylation is 3. The molecule has 3 rings (SSSR count). The van der Waals surface area contributed by atoms with Gasteiger partial charge in [0.05, 0.1) is 16.6 Å². The third-order valence-electron chi connectivity index (χ3n) is 5.17. The zero-order valence-corrected chi connectivity index (χ0v) is 19.1. The number of carbonyl (C=O) groups excluding carboxylic acids is 1. The van der Waals surface area contributed by atoms with Crippen LogP contribution < -0.4 is 9.62 Å². The first-order valence-corrected chi connectivity index (χ1v) is 11.6. The molecule has 0 spiro atoms. The molecular weight excluding hydrogens is 408 g/mol. The SMILES string of the molecule is Cc1ccc([C@H](C)NC(=O)CN(c2ccc(C)cc2)S(=O)(=O)c2ccc(C)cc2)cc1. The lowest BCUT2D eigenvalue weighted by Crippen LogP contribution is -2.41. The molecule has 0 aliphatic rings. The van der Waals surface area contributed by atoms with Crippen LogP contribution in [0.25, 0.3) is 0 Å². The summed E-state index contributed by atoms with van der Waals surface area (Å²) >= 11 is 0. The van der Waals surface area contributed by atoms with Crippen LogP contribution in [0.3, 0.4) is 0 Å². The number of rotatable bonds is 7. The van der Waals surface area contributed by atoms with E-state index in [9.17, 15) is 13.2 Å². The smallest absolute Gasteiger partial charge is 0.264 e. The number of carbonyl (C=O) groups is 1. The minimum Gasteiger partial charge on any atom is -0.348 e. The summed E-state index contributed by atoms with van der Waals surface area (Å²) in [6.07, 6.45) is 0. The molecule has 1 amide bonds. The first-order chi connectivity index (χ1) is 14.7. The highest BCUT2D eigenvalue weighted by Crippen LogP contribution is 2.24. The first kappa shape index (κ1) is 22.6. The van der Waals surface area contributed by atoms with Gasteiger partial charge in [-0.05, 0) is 57.5 Å². The van der Waals surface area contributed by atoms with Crippen LogP contribution in [0.4, 0.5) is 5.69 Å². The van der Waals surface area contributed by atoms with Gasteiger partial charge in [-0.15, -0.1) is 0 Å². The Balaban J connectivity index is 1.87. The summed E-state index contributed by atoms with van der Waals surface area (Å²) < 4.78 is 28.0. The van der Waals surface area contributed by atoms with Crippen molar-refractivity contribution in [1.29, 1.82) is 0 Å². The normalized spacial score (nSPS) is 12.3. The average molecular weight is 437 g/mol. The summed E-state index contributed by atoms with van der Waals surface area (Å²) in [5.74, 6) is -0.371. The van der Waals surface area contributed by atoms with E-state index >= 15 is 0 Å². The van der Waals surface area contributed by atoms with Crippen molar-refractivity contribution in [2.75, 3.05) is 10.8 Å². The highest BCUT2D eigenvalue weighted by molar-refractivity contribution is 7.92. The van der Waals surface area contributed by atoms with Gasteiger partial charge in [0.2, 0.25) is 5.91 Å². The van der Waals surface area contributed by atoms with Gasteiger partial charge in [0.1, 0.15) is 6.54 Å². The monoisotopic (exact) mass is 436 g/mol. The predicted molar refractivity (Wildman–Crippen MR) is 125 cm³/mol. The Hall–Kier alpha value is -3.12. The van der Waals surface area contributed by atoms with E-state index in [-0.39, 0.29) is 23.4 Å². The van der Waals surface area contributed by atoms with Crippen molar-refractivity contribution in [2.45, 2.75) is 38.6 Å². The van der Waals surface area contributed by atoms with Crippen LogP contribution >= 0.6 is 0 Å². The van der Waals surface area contributed by atoms with Crippen LogP contribution in [-0.2, 0) is 14.8 Å². The Morgan fingerprint density at radius 3 is 1.77 bits per heavy atom. The van der Waals surface area contributed by atoms with Crippen molar-refractivity contribution in [2.24, 2.45) is 0 Å². The molecule has 1 N–H and O–H groups in total.